The van der Waals surface area contributed by atoms with Crippen LogP contribution < -0.4 is 0 Å². The van der Waals surface area contributed by atoms with E-state index in [2.05, 4.69) is 4.74 Å². The number of hydrogen-bond donors (Lipinski definition) is 1. The van der Waals surface area contributed by atoms with Crippen molar-refractivity contribution in [3.8, 4) is 0 Å². The van der Waals surface area contributed by atoms with Crippen LogP contribution in [0.3, 0.4) is 0 Å². The fraction of sp³-hybridized carbons (Fsp3) is 0.600. The molecular weight excluding hydrogens is 255 g/mol. The molecule has 1 amide bonds. The standard InChI is InChI=1S/C10H12F3NO4/c1-2-18-9(17)14-4-3-7(15)6(5-14)8(16)10(11,12)13/h16H,2-5H2,1H3/b8-6-. The molecule has 0 aliphatic carbocycles. The van der Waals surface area contributed by atoms with Gasteiger partial charge in [0.25, 0.3) is 0 Å². The summed E-state index contributed by atoms with van der Waals surface area (Å²) in [6.45, 7) is 1.01. The Hall–Kier alpha value is -1.73. The molecule has 0 radical (unpaired) electrons. The minimum atomic E-state index is -5.00. The first-order valence-electron chi connectivity index (χ1n) is 5.21. The van der Waals surface area contributed by atoms with Crippen LogP contribution in [0.15, 0.2) is 11.3 Å². The summed E-state index contributed by atoms with van der Waals surface area (Å²) in [4.78, 5) is 23.6. The van der Waals surface area contributed by atoms with Crippen LogP contribution in [-0.4, -0.2) is 47.8 Å². The highest BCUT2D eigenvalue weighted by atomic mass is 19.4. The number of rotatable bonds is 1. The number of amides is 1. The molecule has 1 N–H and O–H groups in total. The number of carbonyl (C=O) groups excluding carboxylic acids is 2. The fourth-order valence-electron chi connectivity index (χ4n) is 1.49. The molecule has 0 aromatic rings. The Morgan fingerprint density at radius 2 is 2.11 bits per heavy atom. The number of carbonyl (C=O) groups is 2. The van der Waals surface area contributed by atoms with E-state index in [1.165, 1.54) is 0 Å². The summed E-state index contributed by atoms with van der Waals surface area (Å²) in [6.07, 6.45) is -6.07. The largest absolute Gasteiger partial charge is 0.504 e. The Morgan fingerprint density at radius 1 is 1.50 bits per heavy atom. The summed E-state index contributed by atoms with van der Waals surface area (Å²) in [5.74, 6) is -2.76. The second-order valence-electron chi connectivity index (χ2n) is 3.62. The van der Waals surface area contributed by atoms with Gasteiger partial charge in [-0.1, -0.05) is 0 Å². The van der Waals surface area contributed by atoms with E-state index in [-0.39, 0.29) is 19.6 Å². The maximum absolute atomic E-state index is 12.3. The highest BCUT2D eigenvalue weighted by Crippen LogP contribution is 2.28. The average Bonchev–Trinajstić information content (AvgIpc) is 2.27. The minimum Gasteiger partial charge on any atom is -0.504 e. The second-order valence-corrected chi connectivity index (χ2v) is 3.62. The van der Waals surface area contributed by atoms with Crippen molar-refractivity contribution in [3.63, 3.8) is 0 Å². The first-order valence-corrected chi connectivity index (χ1v) is 5.21. The molecule has 0 aromatic heterocycles. The minimum absolute atomic E-state index is 0.0215. The number of ketones is 1. The van der Waals surface area contributed by atoms with Gasteiger partial charge in [0, 0.05) is 13.0 Å². The van der Waals surface area contributed by atoms with Crippen molar-refractivity contribution in [3.05, 3.63) is 11.3 Å². The Bertz CT molecular complexity index is 389. The predicted molar refractivity (Wildman–Crippen MR) is 53.9 cm³/mol. The van der Waals surface area contributed by atoms with Gasteiger partial charge in [-0.3, -0.25) is 4.79 Å². The lowest BCUT2D eigenvalue weighted by Crippen LogP contribution is -2.41. The van der Waals surface area contributed by atoms with Gasteiger partial charge in [-0.2, -0.15) is 13.2 Å². The van der Waals surface area contributed by atoms with E-state index in [1.54, 1.807) is 6.92 Å². The van der Waals surface area contributed by atoms with Crippen molar-refractivity contribution < 1.29 is 32.6 Å². The summed E-state index contributed by atoms with van der Waals surface area (Å²) in [5, 5.41) is 8.97. The topological polar surface area (TPSA) is 66.8 Å². The zero-order chi connectivity index (χ0) is 13.9. The van der Waals surface area contributed by atoms with Crippen molar-refractivity contribution in [1.82, 2.24) is 4.90 Å². The van der Waals surface area contributed by atoms with E-state index in [9.17, 15) is 22.8 Å². The van der Waals surface area contributed by atoms with Gasteiger partial charge >= 0.3 is 12.3 Å². The van der Waals surface area contributed by atoms with E-state index in [0.717, 1.165) is 4.90 Å². The molecule has 0 unspecified atom stereocenters. The lowest BCUT2D eigenvalue weighted by atomic mass is 10.0. The highest BCUT2D eigenvalue weighted by Gasteiger charge is 2.40. The molecule has 1 saturated heterocycles. The molecule has 0 spiro atoms. The number of piperidine rings is 1. The summed E-state index contributed by atoms with van der Waals surface area (Å²) in [5.41, 5.74) is -0.804. The van der Waals surface area contributed by atoms with Gasteiger partial charge in [-0.05, 0) is 6.92 Å². The summed E-state index contributed by atoms with van der Waals surface area (Å²) < 4.78 is 41.5. The fourth-order valence-corrected chi connectivity index (χ4v) is 1.49. The van der Waals surface area contributed by atoms with Crippen LogP contribution in [0.25, 0.3) is 0 Å². The SMILES string of the molecule is CCOC(=O)N1CCC(=O)/C(=C(\O)C(F)(F)F)C1. The number of aliphatic hydroxyl groups is 1. The van der Waals surface area contributed by atoms with Crippen molar-refractivity contribution in [2.75, 3.05) is 19.7 Å². The third-order valence-electron chi connectivity index (χ3n) is 2.37. The number of ether oxygens (including phenoxy) is 1. The summed E-state index contributed by atoms with van der Waals surface area (Å²) in [7, 11) is 0. The van der Waals surface area contributed by atoms with E-state index in [4.69, 9.17) is 5.11 Å². The number of aliphatic hydroxyl groups excluding tert-OH is 1. The molecular formula is C10H12F3NO4. The van der Waals surface area contributed by atoms with Crippen molar-refractivity contribution in [2.24, 2.45) is 0 Å². The number of alkyl halides is 3. The van der Waals surface area contributed by atoms with Crippen molar-refractivity contribution in [2.45, 2.75) is 19.5 Å². The number of likely N-dealkylation sites (tertiary alicyclic amines) is 1. The Labute approximate surface area is 101 Å². The molecule has 1 fully saturated rings. The van der Waals surface area contributed by atoms with E-state index < -0.39 is 35.9 Å². The van der Waals surface area contributed by atoms with Gasteiger partial charge < -0.3 is 14.7 Å². The molecule has 0 saturated carbocycles. The molecule has 0 bridgehead atoms. The van der Waals surface area contributed by atoms with Crippen LogP contribution in [-0.2, 0) is 9.53 Å². The molecule has 0 aromatic carbocycles. The molecule has 1 rings (SSSR count). The first kappa shape index (κ1) is 14.3. The van der Waals surface area contributed by atoms with E-state index in [0.29, 0.717) is 0 Å². The molecule has 0 atom stereocenters. The van der Waals surface area contributed by atoms with Gasteiger partial charge in [-0.25, -0.2) is 4.79 Å². The number of hydrogen-bond acceptors (Lipinski definition) is 4. The zero-order valence-corrected chi connectivity index (χ0v) is 9.58. The quantitative estimate of drug-likeness (QED) is 0.581. The highest BCUT2D eigenvalue weighted by molar-refractivity contribution is 5.98. The molecule has 1 aliphatic rings. The number of halogens is 3. The Morgan fingerprint density at radius 3 is 2.61 bits per heavy atom. The van der Waals surface area contributed by atoms with Crippen molar-refractivity contribution >= 4 is 11.9 Å². The van der Waals surface area contributed by atoms with E-state index in [1.807, 2.05) is 0 Å². The monoisotopic (exact) mass is 267 g/mol. The molecule has 1 aliphatic heterocycles. The third-order valence-corrected chi connectivity index (χ3v) is 2.37. The smallest absolute Gasteiger partial charge is 0.449 e. The van der Waals surface area contributed by atoms with Gasteiger partial charge in [0.05, 0.1) is 18.7 Å². The van der Waals surface area contributed by atoms with Gasteiger partial charge in [0.15, 0.2) is 5.78 Å². The van der Waals surface area contributed by atoms with Crippen LogP contribution >= 0.6 is 0 Å². The third kappa shape index (κ3) is 3.14. The number of Topliss-reactive ketones (excluding diaryl/α,β-unsaturated/α-hetero) is 1. The van der Waals surface area contributed by atoms with Crippen LogP contribution in [0.1, 0.15) is 13.3 Å². The van der Waals surface area contributed by atoms with Gasteiger partial charge in [-0.15, -0.1) is 0 Å². The number of nitrogens with zero attached hydrogens (tertiary/aromatic N) is 1. The zero-order valence-electron chi connectivity index (χ0n) is 9.58. The van der Waals surface area contributed by atoms with Crippen LogP contribution in [0.4, 0.5) is 18.0 Å². The second kappa shape index (κ2) is 5.28. The van der Waals surface area contributed by atoms with Crippen LogP contribution in [0, 0.1) is 0 Å². The molecule has 1 heterocycles. The van der Waals surface area contributed by atoms with Gasteiger partial charge in [0.2, 0.25) is 5.76 Å². The van der Waals surface area contributed by atoms with Crippen molar-refractivity contribution in [1.29, 1.82) is 0 Å². The summed E-state index contributed by atoms with van der Waals surface area (Å²) >= 11 is 0. The van der Waals surface area contributed by atoms with Crippen LogP contribution in [0.5, 0.6) is 0 Å². The Balaban J connectivity index is 2.92. The summed E-state index contributed by atoms with van der Waals surface area (Å²) in [6, 6.07) is 0. The van der Waals surface area contributed by atoms with E-state index >= 15 is 0 Å². The lowest BCUT2D eigenvalue weighted by molar-refractivity contribution is -0.128. The lowest BCUT2D eigenvalue weighted by Gasteiger charge is -2.27. The Kier molecular flexibility index (Phi) is 4.20. The predicted octanol–water partition coefficient (Wildman–Crippen LogP) is 1.79. The maximum Gasteiger partial charge on any atom is 0.449 e. The molecule has 8 heteroatoms. The van der Waals surface area contributed by atoms with Crippen LogP contribution in [0.2, 0.25) is 0 Å². The van der Waals surface area contributed by atoms with Gasteiger partial charge in [0.1, 0.15) is 0 Å². The average molecular weight is 267 g/mol. The normalized spacial score (nSPS) is 19.8. The number of allylic oxidation sites excluding steroid dienone is 1. The molecule has 18 heavy (non-hydrogen) atoms. The maximum atomic E-state index is 12.3. The first-order chi connectivity index (χ1) is 8.27. The molecule has 102 valence electrons. The molecule has 5 nitrogen and oxygen atoms in total.